The number of carbonyl (C=O) groups excluding carboxylic acids is 1. The van der Waals surface area contributed by atoms with Gasteiger partial charge in [0, 0.05) is 39.8 Å². The molecule has 0 aromatic heterocycles. The summed E-state index contributed by atoms with van der Waals surface area (Å²) in [6.07, 6.45) is 5.01. The average Bonchev–Trinajstić information content (AvgIpc) is 2.61. The molecule has 0 aromatic rings. The van der Waals surface area contributed by atoms with Crippen LogP contribution in [0.1, 0.15) is 53.4 Å². The van der Waals surface area contributed by atoms with Crippen molar-refractivity contribution in [1.82, 2.24) is 20.0 Å². The molecule has 1 heterocycles. The van der Waals surface area contributed by atoms with E-state index in [1.807, 2.05) is 30.7 Å². The summed E-state index contributed by atoms with van der Waals surface area (Å²) < 4.78 is 0. The van der Waals surface area contributed by atoms with Gasteiger partial charge in [-0.25, -0.2) is 0 Å². The summed E-state index contributed by atoms with van der Waals surface area (Å²) in [5, 5.41) is 3.30. The van der Waals surface area contributed by atoms with E-state index in [1.165, 1.54) is 38.9 Å². The second kappa shape index (κ2) is 13.0. The fourth-order valence-electron chi connectivity index (χ4n) is 3.55. The van der Waals surface area contributed by atoms with E-state index in [0.717, 1.165) is 44.5 Å². The maximum Gasteiger partial charge on any atom is 0.242 e. The van der Waals surface area contributed by atoms with E-state index in [-0.39, 0.29) is 5.91 Å². The molecule has 152 valence electrons. The van der Waals surface area contributed by atoms with Gasteiger partial charge in [-0.1, -0.05) is 6.92 Å². The Morgan fingerprint density at radius 3 is 2.58 bits per heavy atom. The minimum Gasteiger partial charge on any atom is -0.357 e. The van der Waals surface area contributed by atoms with Crippen molar-refractivity contribution in [2.45, 2.75) is 53.4 Å². The highest BCUT2D eigenvalue weighted by Crippen LogP contribution is 2.15. The van der Waals surface area contributed by atoms with Crippen LogP contribution in [0.2, 0.25) is 0 Å². The molecule has 26 heavy (non-hydrogen) atoms. The maximum absolute atomic E-state index is 12.3. The zero-order valence-electron chi connectivity index (χ0n) is 17.8. The number of carbonyl (C=O) groups is 1. The topological polar surface area (TPSA) is 51.2 Å². The lowest BCUT2D eigenvalue weighted by atomic mass is 10.0. The average molecular weight is 368 g/mol. The van der Waals surface area contributed by atoms with Crippen molar-refractivity contribution in [2.24, 2.45) is 10.9 Å². The van der Waals surface area contributed by atoms with Gasteiger partial charge in [-0.15, -0.1) is 0 Å². The van der Waals surface area contributed by atoms with Crippen molar-refractivity contribution in [2.75, 3.05) is 59.4 Å². The largest absolute Gasteiger partial charge is 0.357 e. The van der Waals surface area contributed by atoms with Crippen LogP contribution in [0.4, 0.5) is 0 Å². The summed E-state index contributed by atoms with van der Waals surface area (Å²) in [4.78, 5) is 23.4. The summed E-state index contributed by atoms with van der Waals surface area (Å²) in [6.45, 7) is 15.7. The van der Waals surface area contributed by atoms with E-state index < -0.39 is 0 Å². The van der Waals surface area contributed by atoms with Crippen molar-refractivity contribution in [3.05, 3.63) is 0 Å². The molecular weight excluding hydrogens is 326 g/mol. The van der Waals surface area contributed by atoms with Crippen molar-refractivity contribution < 1.29 is 4.79 Å². The van der Waals surface area contributed by atoms with Crippen LogP contribution in [0.3, 0.4) is 0 Å². The molecule has 1 aliphatic rings. The lowest BCUT2D eigenvalue weighted by molar-refractivity contribution is -0.131. The smallest absolute Gasteiger partial charge is 0.242 e. The molecule has 1 rings (SSSR count). The number of amides is 1. The zero-order valence-corrected chi connectivity index (χ0v) is 17.8. The Balaban J connectivity index is 2.38. The van der Waals surface area contributed by atoms with Crippen LogP contribution in [-0.2, 0) is 4.79 Å². The maximum atomic E-state index is 12.3. The molecule has 0 bridgehead atoms. The predicted molar refractivity (Wildman–Crippen MR) is 111 cm³/mol. The van der Waals surface area contributed by atoms with Gasteiger partial charge in [0.05, 0.1) is 6.54 Å². The quantitative estimate of drug-likeness (QED) is 0.366. The zero-order chi connectivity index (χ0) is 19.4. The first kappa shape index (κ1) is 22.7. The third-order valence-electron chi connectivity index (χ3n) is 5.07. The summed E-state index contributed by atoms with van der Waals surface area (Å²) >= 11 is 0. The summed E-state index contributed by atoms with van der Waals surface area (Å²) in [7, 11) is 1.94. The van der Waals surface area contributed by atoms with Gasteiger partial charge in [-0.2, -0.15) is 0 Å². The van der Waals surface area contributed by atoms with Crippen LogP contribution in [-0.4, -0.2) is 86.0 Å². The molecule has 0 aliphatic carbocycles. The molecule has 6 nitrogen and oxygen atoms in total. The first-order valence-corrected chi connectivity index (χ1v) is 10.5. The summed E-state index contributed by atoms with van der Waals surface area (Å²) in [5.74, 6) is 1.83. The standard InChI is InChI=1S/C20H41N5O/c1-6-21-20(23(5)17-19(26)25(7-2)8-3)22-13-9-10-14-24-15-11-12-18(4)16-24/h18H,6-17H2,1-5H3,(H,21,22). The Hall–Kier alpha value is -1.30. The fourth-order valence-corrected chi connectivity index (χ4v) is 3.55. The van der Waals surface area contributed by atoms with E-state index in [2.05, 4.69) is 24.1 Å². The Bertz CT molecular complexity index is 422. The highest BCUT2D eigenvalue weighted by atomic mass is 16.2. The number of piperidine rings is 1. The molecule has 0 radical (unpaired) electrons. The van der Waals surface area contributed by atoms with Crippen LogP contribution in [0.5, 0.6) is 0 Å². The highest BCUT2D eigenvalue weighted by molar-refractivity contribution is 5.86. The minimum atomic E-state index is 0.155. The lowest BCUT2D eigenvalue weighted by Crippen LogP contribution is -2.45. The van der Waals surface area contributed by atoms with Crippen LogP contribution >= 0.6 is 0 Å². The monoisotopic (exact) mass is 367 g/mol. The van der Waals surface area contributed by atoms with Gasteiger partial charge in [0.15, 0.2) is 5.96 Å². The number of hydrogen-bond acceptors (Lipinski definition) is 3. The second-order valence-electron chi connectivity index (χ2n) is 7.41. The van der Waals surface area contributed by atoms with Gasteiger partial charge < -0.3 is 20.0 Å². The van der Waals surface area contributed by atoms with Gasteiger partial charge in [-0.3, -0.25) is 9.79 Å². The molecule has 0 spiro atoms. The second-order valence-corrected chi connectivity index (χ2v) is 7.41. The first-order chi connectivity index (χ1) is 12.5. The predicted octanol–water partition coefficient (Wildman–Crippen LogP) is 2.26. The van der Waals surface area contributed by atoms with Crippen LogP contribution in [0, 0.1) is 5.92 Å². The highest BCUT2D eigenvalue weighted by Gasteiger charge is 2.16. The summed E-state index contributed by atoms with van der Waals surface area (Å²) in [6, 6.07) is 0. The number of aliphatic imine (C=N–C) groups is 1. The van der Waals surface area contributed by atoms with Gasteiger partial charge in [-0.05, 0) is 65.5 Å². The van der Waals surface area contributed by atoms with Crippen LogP contribution in [0.15, 0.2) is 4.99 Å². The number of nitrogens with one attached hydrogen (secondary N) is 1. The Morgan fingerprint density at radius 2 is 1.96 bits per heavy atom. The van der Waals surface area contributed by atoms with Crippen molar-refractivity contribution in [3.8, 4) is 0 Å². The number of guanidine groups is 1. The van der Waals surface area contributed by atoms with Crippen molar-refractivity contribution in [1.29, 1.82) is 0 Å². The minimum absolute atomic E-state index is 0.155. The SMILES string of the molecule is CCNC(=NCCCCN1CCCC(C)C1)N(C)CC(=O)N(CC)CC. The summed E-state index contributed by atoms with van der Waals surface area (Å²) in [5.41, 5.74) is 0. The third-order valence-corrected chi connectivity index (χ3v) is 5.07. The van der Waals surface area contributed by atoms with E-state index in [0.29, 0.717) is 6.54 Å². The van der Waals surface area contributed by atoms with Gasteiger partial charge in [0.2, 0.25) is 5.91 Å². The molecule has 0 aromatic carbocycles. The third kappa shape index (κ3) is 8.39. The van der Waals surface area contributed by atoms with E-state index in [4.69, 9.17) is 4.99 Å². The lowest BCUT2D eigenvalue weighted by Gasteiger charge is -2.30. The number of nitrogens with zero attached hydrogens (tertiary/aromatic N) is 4. The number of likely N-dealkylation sites (N-methyl/N-ethyl adjacent to an activating group) is 2. The van der Waals surface area contributed by atoms with Gasteiger partial charge in [0.25, 0.3) is 0 Å². The number of hydrogen-bond donors (Lipinski definition) is 1. The van der Waals surface area contributed by atoms with Gasteiger partial charge in [0.1, 0.15) is 0 Å². The van der Waals surface area contributed by atoms with Crippen LogP contribution in [0.25, 0.3) is 0 Å². The number of rotatable bonds is 10. The molecule has 1 amide bonds. The van der Waals surface area contributed by atoms with Crippen LogP contribution < -0.4 is 5.32 Å². The molecular formula is C20H41N5O. The molecule has 1 fully saturated rings. The van der Waals surface area contributed by atoms with E-state index in [1.54, 1.807) is 0 Å². The normalized spacial score (nSPS) is 18.7. The first-order valence-electron chi connectivity index (χ1n) is 10.5. The number of likely N-dealkylation sites (tertiary alicyclic amines) is 1. The van der Waals surface area contributed by atoms with Crippen molar-refractivity contribution >= 4 is 11.9 Å². The van der Waals surface area contributed by atoms with Crippen molar-refractivity contribution in [3.63, 3.8) is 0 Å². The molecule has 1 N–H and O–H groups in total. The number of unbranched alkanes of at least 4 members (excludes halogenated alkanes) is 1. The Morgan fingerprint density at radius 1 is 1.23 bits per heavy atom. The van der Waals surface area contributed by atoms with E-state index in [9.17, 15) is 4.79 Å². The molecule has 1 atom stereocenters. The Labute approximate surface area is 161 Å². The molecule has 0 saturated carbocycles. The fraction of sp³-hybridized carbons (Fsp3) is 0.900. The Kier molecular flexibility index (Phi) is 11.3. The van der Waals surface area contributed by atoms with E-state index >= 15 is 0 Å². The molecule has 1 saturated heterocycles. The molecule has 1 aliphatic heterocycles. The molecule has 1 unspecified atom stereocenters. The molecule has 6 heteroatoms. The van der Waals surface area contributed by atoms with Gasteiger partial charge >= 0.3 is 0 Å².